The predicted octanol–water partition coefficient (Wildman–Crippen LogP) is 3.63. The van der Waals surface area contributed by atoms with Gasteiger partial charge in [0, 0.05) is 6.54 Å². The molecule has 7 heteroatoms. The van der Waals surface area contributed by atoms with Gasteiger partial charge in [-0.3, -0.25) is 4.57 Å². The minimum atomic E-state index is -0.105. The van der Waals surface area contributed by atoms with E-state index in [-0.39, 0.29) is 18.9 Å². The number of imidazole rings is 1. The summed E-state index contributed by atoms with van der Waals surface area (Å²) in [5, 5.41) is 15.0. The Balaban J connectivity index is 0.000000255. The molecule has 0 radical (unpaired) electrons. The van der Waals surface area contributed by atoms with Crippen LogP contribution in [0.5, 0.6) is 0 Å². The fourth-order valence-electron chi connectivity index (χ4n) is 3.50. The Morgan fingerprint density at radius 3 is 2.34 bits per heavy atom. The van der Waals surface area contributed by atoms with E-state index in [1.165, 1.54) is 16.8 Å². The first-order chi connectivity index (χ1) is 15.7. The second-order valence-corrected chi connectivity index (χ2v) is 7.15. The van der Waals surface area contributed by atoms with Gasteiger partial charge in [-0.25, -0.2) is 15.0 Å². The molecule has 0 amide bonds. The van der Waals surface area contributed by atoms with Crippen molar-refractivity contribution in [2.75, 3.05) is 18.5 Å². The van der Waals surface area contributed by atoms with E-state index >= 15 is 0 Å². The van der Waals surface area contributed by atoms with Crippen molar-refractivity contribution < 1.29 is 9.84 Å². The monoisotopic (exact) mass is 439 g/mol. The van der Waals surface area contributed by atoms with E-state index in [2.05, 4.69) is 77.5 Å². The molecule has 2 unspecified atom stereocenters. The first-order valence-electron chi connectivity index (χ1n) is 11.6. The average Bonchev–Trinajstić information content (AvgIpc) is 3.51. The topological polar surface area (TPSA) is 85.1 Å². The summed E-state index contributed by atoms with van der Waals surface area (Å²) in [7, 11) is 0. The van der Waals surface area contributed by atoms with Gasteiger partial charge >= 0.3 is 0 Å². The molecule has 174 valence electrons. The largest absolute Gasteiger partial charge is 0.394 e. The Hall–Kier alpha value is -2.77. The quantitative estimate of drug-likeness (QED) is 0.631. The third kappa shape index (κ3) is 6.37. The summed E-state index contributed by atoms with van der Waals surface area (Å²) in [6, 6.07) is 8.36. The number of nitrogens with zero attached hydrogens (tertiary/aromatic N) is 4. The van der Waals surface area contributed by atoms with Crippen LogP contribution in [-0.2, 0) is 4.74 Å². The Morgan fingerprint density at radius 1 is 1.09 bits per heavy atom. The Labute approximate surface area is 190 Å². The number of aliphatic hydroxyl groups excluding tert-OH is 1. The lowest BCUT2D eigenvalue weighted by Gasteiger charge is -2.13. The van der Waals surface area contributed by atoms with Gasteiger partial charge in [-0.1, -0.05) is 57.2 Å². The Kier molecular flexibility index (Phi) is 10.8. The van der Waals surface area contributed by atoms with Crippen LogP contribution in [0.3, 0.4) is 0 Å². The molecule has 3 heterocycles. The summed E-state index contributed by atoms with van der Waals surface area (Å²) in [6.07, 6.45) is 10.1. The molecular formula is C25H37N5O2. The van der Waals surface area contributed by atoms with Crippen molar-refractivity contribution in [2.45, 2.75) is 66.2 Å². The van der Waals surface area contributed by atoms with E-state index < -0.39 is 0 Å². The van der Waals surface area contributed by atoms with Crippen LogP contribution in [0.25, 0.3) is 23.3 Å². The SMILES string of the molecule is C/C=c1/cccc/c1=C/C.CC.CCCNc1ncnc2c1ncn2C1CCC(CO)O1. The van der Waals surface area contributed by atoms with Crippen LogP contribution in [0.4, 0.5) is 5.82 Å². The molecule has 7 nitrogen and oxygen atoms in total. The summed E-state index contributed by atoms with van der Waals surface area (Å²) in [5.41, 5.74) is 1.53. The van der Waals surface area contributed by atoms with Crippen molar-refractivity contribution in [1.82, 2.24) is 19.5 Å². The molecule has 0 bridgehead atoms. The Morgan fingerprint density at radius 2 is 1.78 bits per heavy atom. The zero-order chi connectivity index (χ0) is 23.3. The maximum absolute atomic E-state index is 9.15. The van der Waals surface area contributed by atoms with Crippen LogP contribution in [0.2, 0.25) is 0 Å². The minimum absolute atomic E-state index is 0.0570. The molecule has 1 aliphatic rings. The number of nitrogens with one attached hydrogen (secondary N) is 1. The number of rotatable bonds is 5. The number of hydrogen-bond donors (Lipinski definition) is 2. The van der Waals surface area contributed by atoms with Crippen LogP contribution < -0.4 is 15.8 Å². The smallest absolute Gasteiger partial charge is 0.167 e. The van der Waals surface area contributed by atoms with E-state index in [9.17, 15) is 0 Å². The fraction of sp³-hybridized carbons (Fsp3) is 0.480. The average molecular weight is 440 g/mol. The van der Waals surface area contributed by atoms with Gasteiger partial charge < -0.3 is 15.2 Å². The van der Waals surface area contributed by atoms with Crippen LogP contribution in [0.1, 0.15) is 60.1 Å². The second kappa shape index (κ2) is 13.6. The van der Waals surface area contributed by atoms with Crippen molar-refractivity contribution >= 4 is 29.1 Å². The Bertz CT molecular complexity index is 1030. The van der Waals surface area contributed by atoms with Crippen molar-refractivity contribution in [3.05, 3.63) is 47.4 Å². The molecule has 2 N–H and O–H groups in total. The number of fused-ring (bicyclic) bond motifs is 1. The minimum Gasteiger partial charge on any atom is -0.394 e. The van der Waals surface area contributed by atoms with E-state index in [1.807, 2.05) is 18.4 Å². The molecule has 2 atom stereocenters. The van der Waals surface area contributed by atoms with Gasteiger partial charge in [0.05, 0.1) is 19.0 Å². The number of aliphatic hydroxyl groups is 1. The third-order valence-corrected chi connectivity index (χ3v) is 5.12. The number of benzene rings is 1. The predicted molar refractivity (Wildman–Crippen MR) is 132 cm³/mol. The van der Waals surface area contributed by atoms with Crippen LogP contribution in [-0.4, -0.2) is 43.9 Å². The summed E-state index contributed by atoms with van der Waals surface area (Å²) >= 11 is 0. The van der Waals surface area contributed by atoms with Gasteiger partial charge in [0.25, 0.3) is 0 Å². The third-order valence-electron chi connectivity index (χ3n) is 5.12. The van der Waals surface area contributed by atoms with Gasteiger partial charge in [-0.2, -0.15) is 0 Å². The van der Waals surface area contributed by atoms with Crippen molar-refractivity contribution in [2.24, 2.45) is 0 Å². The zero-order valence-corrected chi connectivity index (χ0v) is 20.0. The van der Waals surface area contributed by atoms with Crippen molar-refractivity contribution in [1.29, 1.82) is 0 Å². The van der Waals surface area contributed by atoms with E-state index in [0.29, 0.717) is 0 Å². The normalized spacial score (nSPS) is 18.7. The number of hydrogen-bond acceptors (Lipinski definition) is 6. The number of anilines is 1. The van der Waals surface area contributed by atoms with E-state index in [1.54, 1.807) is 6.33 Å². The van der Waals surface area contributed by atoms with Gasteiger partial charge in [-0.15, -0.1) is 0 Å². The van der Waals surface area contributed by atoms with Gasteiger partial charge in [0.1, 0.15) is 12.6 Å². The molecule has 3 aromatic rings. The standard InChI is InChI=1S/C13H19N5O2.C10H12.C2H6/c1-2-5-14-12-11-13(16-7-15-12)18(8-17-11)10-4-3-9(6-19)20-10;1-3-9-7-5-6-8-10(9)4-2;1-2/h7-10,19H,2-6H2,1H3,(H,14,15,16);3-8H,1-2H3;1-2H3/b;9-3-,10-4-;. The molecule has 0 aliphatic carbocycles. The highest BCUT2D eigenvalue weighted by molar-refractivity contribution is 5.82. The van der Waals surface area contributed by atoms with Crippen LogP contribution in [0, 0.1) is 0 Å². The summed E-state index contributed by atoms with van der Waals surface area (Å²) in [6.45, 7) is 11.1. The maximum atomic E-state index is 9.15. The first-order valence-corrected chi connectivity index (χ1v) is 11.6. The fourth-order valence-corrected chi connectivity index (χ4v) is 3.50. The zero-order valence-electron chi connectivity index (χ0n) is 20.0. The van der Waals surface area contributed by atoms with Gasteiger partial charge in [-0.05, 0) is 43.5 Å². The van der Waals surface area contributed by atoms with Gasteiger partial charge in [0.2, 0.25) is 0 Å². The highest BCUT2D eigenvalue weighted by Crippen LogP contribution is 2.31. The molecule has 0 saturated carbocycles. The lowest BCUT2D eigenvalue weighted by molar-refractivity contribution is -0.0207. The van der Waals surface area contributed by atoms with Crippen molar-refractivity contribution in [3.63, 3.8) is 0 Å². The molecule has 0 spiro atoms. The number of aromatic nitrogens is 4. The summed E-state index contributed by atoms with van der Waals surface area (Å²) in [5.74, 6) is 0.757. The lowest BCUT2D eigenvalue weighted by atomic mass is 10.2. The maximum Gasteiger partial charge on any atom is 0.167 e. The highest BCUT2D eigenvalue weighted by Gasteiger charge is 2.27. The number of ether oxygens (including phenoxy) is 1. The molecule has 1 saturated heterocycles. The summed E-state index contributed by atoms with van der Waals surface area (Å²) in [4.78, 5) is 12.9. The molecule has 1 fully saturated rings. The second-order valence-electron chi connectivity index (χ2n) is 7.15. The summed E-state index contributed by atoms with van der Waals surface area (Å²) < 4.78 is 7.70. The lowest BCUT2D eigenvalue weighted by Crippen LogP contribution is -2.22. The molecule has 32 heavy (non-hydrogen) atoms. The van der Waals surface area contributed by atoms with E-state index in [0.717, 1.165) is 42.8 Å². The first kappa shape index (κ1) is 25.5. The molecular weight excluding hydrogens is 402 g/mol. The van der Waals surface area contributed by atoms with Crippen LogP contribution in [0.15, 0.2) is 36.9 Å². The van der Waals surface area contributed by atoms with Crippen LogP contribution >= 0.6 is 0 Å². The molecule has 1 aliphatic heterocycles. The van der Waals surface area contributed by atoms with Gasteiger partial charge in [0.15, 0.2) is 17.0 Å². The highest BCUT2D eigenvalue weighted by atomic mass is 16.5. The molecule has 1 aromatic carbocycles. The molecule has 4 rings (SSSR count). The molecule has 2 aromatic heterocycles. The van der Waals surface area contributed by atoms with E-state index in [4.69, 9.17) is 9.84 Å². The van der Waals surface area contributed by atoms with Crippen molar-refractivity contribution in [3.8, 4) is 0 Å².